The standard InChI is InChI=1S/C11H17N5O2/c1-5-13-10(16-15-5)11(17)14-8-7(12)6-3-2-4-18-9(6)8/h6-9H,2-4,12H2,1H3,(H,14,17)(H,13,15,16). The SMILES string of the molecule is Cc1nc(C(=O)NC2C(N)C3CCCOC32)n[nH]1. The van der Waals surface area contributed by atoms with E-state index in [1.165, 1.54) is 0 Å². The minimum absolute atomic E-state index is 0.0284. The predicted molar refractivity (Wildman–Crippen MR) is 62.8 cm³/mol. The number of nitrogens with two attached hydrogens (primary N) is 1. The number of ether oxygens (including phenoxy) is 1. The summed E-state index contributed by atoms with van der Waals surface area (Å²) < 4.78 is 5.66. The van der Waals surface area contributed by atoms with Gasteiger partial charge in [-0.05, 0) is 19.8 Å². The van der Waals surface area contributed by atoms with Crippen LogP contribution in [0.25, 0.3) is 0 Å². The molecule has 4 atom stereocenters. The molecule has 98 valence electrons. The third-order valence-electron chi connectivity index (χ3n) is 3.78. The summed E-state index contributed by atoms with van der Waals surface area (Å²) in [6, 6.07) is -0.152. The van der Waals surface area contributed by atoms with Crippen LogP contribution in [0.4, 0.5) is 0 Å². The van der Waals surface area contributed by atoms with E-state index in [9.17, 15) is 4.79 Å². The molecular formula is C11H17N5O2. The van der Waals surface area contributed by atoms with Gasteiger partial charge in [-0.15, -0.1) is 5.10 Å². The van der Waals surface area contributed by atoms with Crippen LogP contribution in [0.1, 0.15) is 29.3 Å². The van der Waals surface area contributed by atoms with Gasteiger partial charge in [0, 0.05) is 18.6 Å². The fraction of sp³-hybridized carbons (Fsp3) is 0.727. The van der Waals surface area contributed by atoms with E-state index >= 15 is 0 Å². The molecule has 2 fully saturated rings. The molecule has 1 saturated carbocycles. The van der Waals surface area contributed by atoms with Crippen molar-refractivity contribution in [2.45, 2.75) is 38.0 Å². The maximum atomic E-state index is 11.9. The number of carbonyl (C=O) groups is 1. The van der Waals surface area contributed by atoms with Gasteiger partial charge in [0.15, 0.2) is 0 Å². The first-order valence-corrected chi connectivity index (χ1v) is 6.24. The minimum atomic E-state index is -0.299. The van der Waals surface area contributed by atoms with Crippen molar-refractivity contribution in [3.05, 3.63) is 11.6 Å². The zero-order chi connectivity index (χ0) is 12.7. The molecule has 2 aliphatic rings. The lowest BCUT2D eigenvalue weighted by Gasteiger charge is -2.52. The first kappa shape index (κ1) is 11.6. The molecule has 4 unspecified atom stereocenters. The Balaban J connectivity index is 1.64. The molecule has 4 N–H and O–H groups in total. The van der Waals surface area contributed by atoms with Crippen molar-refractivity contribution in [3.8, 4) is 0 Å². The number of nitrogens with zero attached hydrogens (tertiary/aromatic N) is 2. The maximum absolute atomic E-state index is 11.9. The van der Waals surface area contributed by atoms with Crippen LogP contribution in [0.3, 0.4) is 0 Å². The molecule has 3 rings (SSSR count). The molecule has 0 radical (unpaired) electrons. The van der Waals surface area contributed by atoms with Gasteiger partial charge in [-0.25, -0.2) is 4.98 Å². The van der Waals surface area contributed by atoms with Crippen LogP contribution < -0.4 is 11.1 Å². The Morgan fingerprint density at radius 1 is 1.61 bits per heavy atom. The lowest BCUT2D eigenvalue weighted by atomic mass is 9.68. The predicted octanol–water partition coefficient (Wildman–Crippen LogP) is -0.652. The number of H-pyrrole nitrogens is 1. The fourth-order valence-corrected chi connectivity index (χ4v) is 2.79. The van der Waals surface area contributed by atoms with Gasteiger partial charge >= 0.3 is 0 Å². The van der Waals surface area contributed by atoms with Gasteiger partial charge in [0.2, 0.25) is 5.82 Å². The van der Waals surface area contributed by atoms with E-state index in [1.807, 2.05) is 0 Å². The highest BCUT2D eigenvalue weighted by molar-refractivity contribution is 5.90. The lowest BCUT2D eigenvalue weighted by molar-refractivity contribution is -0.117. The van der Waals surface area contributed by atoms with Crippen molar-refractivity contribution in [3.63, 3.8) is 0 Å². The number of nitrogens with one attached hydrogen (secondary N) is 2. The molecule has 7 nitrogen and oxygen atoms in total. The number of hydrogen-bond donors (Lipinski definition) is 3. The van der Waals surface area contributed by atoms with Gasteiger partial charge in [0.1, 0.15) is 5.82 Å². The number of amides is 1. The van der Waals surface area contributed by atoms with Gasteiger partial charge in [-0.3, -0.25) is 9.89 Å². The Morgan fingerprint density at radius 2 is 2.44 bits per heavy atom. The number of carbonyl (C=O) groups excluding carboxylic acids is 1. The third-order valence-corrected chi connectivity index (χ3v) is 3.78. The molecule has 1 amide bonds. The highest BCUT2D eigenvalue weighted by Crippen LogP contribution is 2.36. The topological polar surface area (TPSA) is 106 Å². The Hall–Kier alpha value is -1.47. The Labute approximate surface area is 104 Å². The molecule has 0 bridgehead atoms. The number of aromatic nitrogens is 3. The van der Waals surface area contributed by atoms with Crippen LogP contribution >= 0.6 is 0 Å². The largest absolute Gasteiger partial charge is 0.376 e. The zero-order valence-corrected chi connectivity index (χ0v) is 10.2. The Morgan fingerprint density at radius 3 is 3.17 bits per heavy atom. The van der Waals surface area contributed by atoms with E-state index in [-0.39, 0.29) is 29.9 Å². The van der Waals surface area contributed by atoms with E-state index in [0.717, 1.165) is 19.4 Å². The Bertz CT molecular complexity index is 460. The first-order chi connectivity index (χ1) is 8.66. The normalized spacial score (nSPS) is 34.6. The van der Waals surface area contributed by atoms with Crippen LogP contribution in [0, 0.1) is 12.8 Å². The number of hydrogen-bond acceptors (Lipinski definition) is 5. The zero-order valence-electron chi connectivity index (χ0n) is 10.2. The molecule has 18 heavy (non-hydrogen) atoms. The number of aromatic amines is 1. The molecule has 2 heterocycles. The fourth-order valence-electron chi connectivity index (χ4n) is 2.79. The van der Waals surface area contributed by atoms with Crippen molar-refractivity contribution >= 4 is 5.91 Å². The van der Waals surface area contributed by atoms with Gasteiger partial charge in [-0.2, -0.15) is 0 Å². The Kier molecular flexibility index (Phi) is 2.79. The molecule has 1 aliphatic carbocycles. The van der Waals surface area contributed by atoms with E-state index < -0.39 is 0 Å². The van der Waals surface area contributed by atoms with Gasteiger partial charge in [0.05, 0.1) is 12.1 Å². The summed E-state index contributed by atoms with van der Waals surface area (Å²) in [5, 5.41) is 9.33. The van der Waals surface area contributed by atoms with E-state index in [0.29, 0.717) is 11.7 Å². The van der Waals surface area contributed by atoms with Crippen LogP contribution in [0.15, 0.2) is 0 Å². The summed E-state index contributed by atoms with van der Waals surface area (Å²) in [5.41, 5.74) is 6.07. The van der Waals surface area contributed by atoms with Gasteiger partial charge in [-0.1, -0.05) is 0 Å². The minimum Gasteiger partial charge on any atom is -0.376 e. The van der Waals surface area contributed by atoms with Crippen LogP contribution in [0.5, 0.6) is 0 Å². The third kappa shape index (κ3) is 1.79. The van der Waals surface area contributed by atoms with Crippen molar-refractivity contribution in [2.75, 3.05) is 6.61 Å². The lowest BCUT2D eigenvalue weighted by Crippen LogP contribution is -2.72. The summed E-state index contributed by atoms with van der Waals surface area (Å²) in [5.74, 6) is 0.842. The van der Waals surface area contributed by atoms with E-state index in [1.54, 1.807) is 6.92 Å². The van der Waals surface area contributed by atoms with Crippen molar-refractivity contribution in [2.24, 2.45) is 11.7 Å². The van der Waals surface area contributed by atoms with E-state index in [4.69, 9.17) is 10.5 Å². The van der Waals surface area contributed by atoms with Gasteiger partial charge in [0.25, 0.3) is 5.91 Å². The number of fused-ring (bicyclic) bond motifs is 1. The van der Waals surface area contributed by atoms with Crippen LogP contribution in [-0.4, -0.2) is 45.9 Å². The second kappa shape index (κ2) is 4.33. The molecule has 1 saturated heterocycles. The highest BCUT2D eigenvalue weighted by atomic mass is 16.5. The van der Waals surface area contributed by atoms with Crippen molar-refractivity contribution in [1.29, 1.82) is 0 Å². The van der Waals surface area contributed by atoms with Crippen molar-refractivity contribution < 1.29 is 9.53 Å². The van der Waals surface area contributed by atoms with Crippen LogP contribution in [-0.2, 0) is 4.74 Å². The maximum Gasteiger partial charge on any atom is 0.291 e. The molecule has 1 aromatic heterocycles. The molecule has 1 aromatic rings. The molecule has 0 aromatic carbocycles. The summed E-state index contributed by atoms with van der Waals surface area (Å²) in [6.45, 7) is 2.50. The second-order valence-electron chi connectivity index (χ2n) is 4.96. The quantitative estimate of drug-likeness (QED) is 0.647. The monoisotopic (exact) mass is 251 g/mol. The second-order valence-corrected chi connectivity index (χ2v) is 4.96. The van der Waals surface area contributed by atoms with Crippen LogP contribution in [0.2, 0.25) is 0 Å². The average Bonchev–Trinajstić information content (AvgIpc) is 2.82. The number of aryl methyl sites for hydroxylation is 1. The molecule has 7 heteroatoms. The molecular weight excluding hydrogens is 234 g/mol. The molecule has 1 aliphatic heterocycles. The summed E-state index contributed by atoms with van der Waals surface area (Å²) in [7, 11) is 0. The van der Waals surface area contributed by atoms with Gasteiger partial charge < -0.3 is 15.8 Å². The smallest absolute Gasteiger partial charge is 0.291 e. The summed E-state index contributed by atoms with van der Waals surface area (Å²) in [4.78, 5) is 15.9. The van der Waals surface area contributed by atoms with Crippen molar-refractivity contribution in [1.82, 2.24) is 20.5 Å². The summed E-state index contributed by atoms with van der Waals surface area (Å²) in [6.07, 6.45) is 2.19. The number of rotatable bonds is 2. The van der Waals surface area contributed by atoms with E-state index in [2.05, 4.69) is 20.5 Å². The highest BCUT2D eigenvalue weighted by Gasteiger charge is 2.51. The average molecular weight is 251 g/mol. The summed E-state index contributed by atoms with van der Waals surface area (Å²) >= 11 is 0. The molecule has 0 spiro atoms. The first-order valence-electron chi connectivity index (χ1n) is 6.24.